The minimum atomic E-state index is -0.826. The van der Waals surface area contributed by atoms with Gasteiger partial charge < -0.3 is 20.6 Å². The van der Waals surface area contributed by atoms with Crippen molar-refractivity contribution in [3.8, 4) is 0 Å². The summed E-state index contributed by atoms with van der Waals surface area (Å²) in [5.74, 6) is -0.430. The van der Waals surface area contributed by atoms with Crippen LogP contribution in [0.15, 0.2) is 60.7 Å². The molecule has 4 atom stereocenters. The third kappa shape index (κ3) is 5.14. The Morgan fingerprint density at radius 2 is 1.68 bits per heavy atom. The van der Waals surface area contributed by atoms with Crippen molar-refractivity contribution in [3.05, 3.63) is 71.8 Å². The van der Waals surface area contributed by atoms with Crippen molar-refractivity contribution in [1.29, 1.82) is 0 Å². The van der Waals surface area contributed by atoms with E-state index in [1.54, 1.807) is 0 Å². The van der Waals surface area contributed by atoms with E-state index in [1.165, 1.54) is 0 Å². The molecule has 0 saturated carbocycles. The molecule has 2 fully saturated rings. The molecule has 6 heteroatoms. The zero-order valence-electron chi connectivity index (χ0n) is 17.7. The molecule has 2 bridgehead atoms. The van der Waals surface area contributed by atoms with Crippen LogP contribution in [0.5, 0.6) is 0 Å². The van der Waals surface area contributed by atoms with Crippen molar-refractivity contribution < 1.29 is 14.7 Å². The van der Waals surface area contributed by atoms with Crippen LogP contribution >= 0.6 is 0 Å². The van der Waals surface area contributed by atoms with E-state index in [1.807, 2.05) is 65.6 Å². The van der Waals surface area contributed by atoms with Gasteiger partial charge in [0.15, 0.2) is 0 Å². The largest absolute Gasteiger partial charge is 0.388 e. The lowest BCUT2D eigenvalue weighted by Crippen LogP contribution is -2.35. The number of hydrogen-bond acceptors (Lipinski definition) is 4. The number of hydrogen-bond donors (Lipinski definition) is 3. The maximum Gasteiger partial charge on any atom is 0.229 e. The topological polar surface area (TPSA) is 81.7 Å². The van der Waals surface area contributed by atoms with E-state index in [0.29, 0.717) is 39.0 Å². The molecule has 0 spiro atoms. The van der Waals surface area contributed by atoms with E-state index in [4.69, 9.17) is 0 Å². The second kappa shape index (κ2) is 10.1. The number of rotatable bonds is 3. The summed E-state index contributed by atoms with van der Waals surface area (Å²) in [5, 5.41) is 17.5. The van der Waals surface area contributed by atoms with Gasteiger partial charge in [0.2, 0.25) is 11.8 Å². The van der Waals surface area contributed by atoms with E-state index in [-0.39, 0.29) is 23.8 Å². The Balaban J connectivity index is 1.47. The molecule has 0 radical (unpaired) electrons. The Kier molecular flexibility index (Phi) is 6.99. The normalized spacial score (nSPS) is 26.4. The Hall–Kier alpha value is -2.70. The van der Waals surface area contributed by atoms with E-state index < -0.39 is 12.0 Å². The van der Waals surface area contributed by atoms with Crippen LogP contribution in [0.4, 0.5) is 0 Å². The number of carbonyl (C=O) groups excluding carboxylic acids is 2. The van der Waals surface area contributed by atoms with Gasteiger partial charge in [0.05, 0.1) is 12.0 Å². The first kappa shape index (κ1) is 21.5. The van der Waals surface area contributed by atoms with E-state index in [0.717, 1.165) is 17.5 Å². The third-order valence-corrected chi connectivity index (χ3v) is 6.47. The lowest BCUT2D eigenvalue weighted by molar-refractivity contribution is -0.134. The smallest absolute Gasteiger partial charge is 0.229 e. The van der Waals surface area contributed by atoms with E-state index in [9.17, 15) is 14.7 Å². The lowest BCUT2D eigenvalue weighted by atomic mass is 9.84. The number of benzene rings is 2. The van der Waals surface area contributed by atoms with Crippen molar-refractivity contribution in [2.45, 2.75) is 31.4 Å². The molecule has 3 N–H and O–H groups in total. The molecular weight excluding hydrogens is 390 g/mol. The van der Waals surface area contributed by atoms with Gasteiger partial charge in [-0.15, -0.1) is 0 Å². The molecule has 31 heavy (non-hydrogen) atoms. The molecule has 0 aliphatic carbocycles. The summed E-state index contributed by atoms with van der Waals surface area (Å²) >= 11 is 0. The molecule has 2 amide bonds. The summed E-state index contributed by atoms with van der Waals surface area (Å²) in [5.41, 5.74) is 1.86. The quantitative estimate of drug-likeness (QED) is 0.711. The van der Waals surface area contributed by atoms with Crippen LogP contribution in [0.1, 0.15) is 42.5 Å². The Morgan fingerprint density at radius 1 is 0.968 bits per heavy atom. The van der Waals surface area contributed by atoms with Crippen LogP contribution < -0.4 is 10.6 Å². The summed E-state index contributed by atoms with van der Waals surface area (Å²) < 4.78 is 0. The fourth-order valence-corrected chi connectivity index (χ4v) is 4.82. The maximum absolute atomic E-state index is 13.2. The molecule has 2 heterocycles. The number of aliphatic hydroxyl groups excluding tert-OH is 1. The average Bonchev–Trinajstić information content (AvgIpc) is 3.11. The highest BCUT2D eigenvalue weighted by atomic mass is 16.3. The number of amides is 2. The highest BCUT2D eigenvalue weighted by Gasteiger charge is 2.44. The molecule has 2 aromatic rings. The standard InChI is InChI=1S/C25H31N3O3/c29-22-16-21(18-8-3-1-4-9-18)26-13-7-15-28-17-20(12-14-27-22)23(25(28)31)24(30)19-10-5-2-6-11-19/h1-6,8-11,20-21,23-24,26,30H,7,12-17H2,(H,27,29). The predicted octanol–water partition coefficient (Wildman–Crippen LogP) is 2.43. The van der Waals surface area contributed by atoms with Crippen molar-refractivity contribution >= 4 is 11.8 Å². The van der Waals surface area contributed by atoms with Gasteiger partial charge in [0, 0.05) is 32.1 Å². The van der Waals surface area contributed by atoms with E-state index >= 15 is 0 Å². The molecule has 0 aromatic heterocycles. The van der Waals surface area contributed by atoms with Gasteiger partial charge in [0.1, 0.15) is 0 Å². The van der Waals surface area contributed by atoms with Gasteiger partial charge in [-0.25, -0.2) is 0 Å². The van der Waals surface area contributed by atoms with Gasteiger partial charge >= 0.3 is 0 Å². The van der Waals surface area contributed by atoms with Crippen LogP contribution in [-0.2, 0) is 9.59 Å². The monoisotopic (exact) mass is 421 g/mol. The number of aliphatic hydroxyl groups is 1. The maximum atomic E-state index is 13.2. The van der Waals surface area contributed by atoms with Gasteiger partial charge in [-0.1, -0.05) is 60.7 Å². The van der Waals surface area contributed by atoms with E-state index in [2.05, 4.69) is 10.6 Å². The first-order valence-electron chi connectivity index (χ1n) is 11.2. The highest BCUT2D eigenvalue weighted by Crippen LogP contribution is 2.37. The van der Waals surface area contributed by atoms with Crippen LogP contribution in [0, 0.1) is 11.8 Å². The Labute approximate surface area is 183 Å². The predicted molar refractivity (Wildman–Crippen MR) is 119 cm³/mol. The molecule has 6 nitrogen and oxygen atoms in total. The molecule has 164 valence electrons. The van der Waals surface area contributed by atoms with Crippen molar-refractivity contribution in [3.63, 3.8) is 0 Å². The summed E-state index contributed by atoms with van der Waals surface area (Å²) in [6.45, 7) is 2.51. The summed E-state index contributed by atoms with van der Waals surface area (Å²) in [6, 6.07) is 19.4. The third-order valence-electron chi connectivity index (χ3n) is 6.47. The number of fused-ring (bicyclic) bond motifs is 2. The second-order valence-corrected chi connectivity index (χ2v) is 8.54. The van der Waals surface area contributed by atoms with Gasteiger partial charge in [-0.3, -0.25) is 9.59 Å². The van der Waals surface area contributed by atoms with Gasteiger partial charge in [0.25, 0.3) is 0 Å². The minimum Gasteiger partial charge on any atom is -0.388 e. The second-order valence-electron chi connectivity index (χ2n) is 8.54. The molecule has 2 aliphatic heterocycles. The Bertz CT molecular complexity index is 874. The van der Waals surface area contributed by atoms with Crippen LogP contribution in [0.3, 0.4) is 0 Å². The first-order chi connectivity index (χ1) is 15.1. The summed E-state index contributed by atoms with van der Waals surface area (Å²) in [7, 11) is 0. The van der Waals surface area contributed by atoms with Crippen molar-refractivity contribution in [2.75, 3.05) is 26.2 Å². The zero-order valence-corrected chi connectivity index (χ0v) is 17.7. The van der Waals surface area contributed by atoms with Crippen LogP contribution in [0.2, 0.25) is 0 Å². The number of nitrogens with zero attached hydrogens (tertiary/aromatic N) is 1. The first-order valence-corrected chi connectivity index (χ1v) is 11.2. The van der Waals surface area contributed by atoms with Crippen LogP contribution in [-0.4, -0.2) is 48.0 Å². The molecular formula is C25H31N3O3. The zero-order chi connectivity index (χ0) is 21.6. The van der Waals surface area contributed by atoms with Crippen LogP contribution in [0.25, 0.3) is 0 Å². The molecule has 2 saturated heterocycles. The number of nitrogens with one attached hydrogen (secondary N) is 2. The van der Waals surface area contributed by atoms with Crippen molar-refractivity contribution in [1.82, 2.24) is 15.5 Å². The Morgan fingerprint density at radius 3 is 2.42 bits per heavy atom. The summed E-state index contributed by atoms with van der Waals surface area (Å²) in [4.78, 5) is 27.7. The molecule has 2 aliphatic rings. The highest BCUT2D eigenvalue weighted by molar-refractivity contribution is 5.82. The molecule has 2 aromatic carbocycles. The van der Waals surface area contributed by atoms with Gasteiger partial charge in [-0.2, -0.15) is 0 Å². The van der Waals surface area contributed by atoms with Gasteiger partial charge in [-0.05, 0) is 36.4 Å². The molecule has 4 unspecified atom stereocenters. The molecule has 4 rings (SSSR count). The fraction of sp³-hybridized carbons (Fsp3) is 0.440. The fourth-order valence-electron chi connectivity index (χ4n) is 4.82. The average molecular weight is 422 g/mol. The number of carbonyl (C=O) groups is 2. The SMILES string of the molecule is O=C1CC(c2ccccc2)NCCCN2CC(CCN1)C(C(O)c1ccccc1)C2=O. The summed E-state index contributed by atoms with van der Waals surface area (Å²) in [6.07, 6.45) is 1.03. The lowest BCUT2D eigenvalue weighted by Gasteiger charge is -2.24. The minimum absolute atomic E-state index is 0.00179. The van der Waals surface area contributed by atoms with Crippen molar-refractivity contribution in [2.24, 2.45) is 11.8 Å².